The number of hydrogen-bond donors (Lipinski definition) is 2. The summed E-state index contributed by atoms with van der Waals surface area (Å²) >= 11 is 0. The molecule has 0 fully saturated rings. The van der Waals surface area contributed by atoms with Crippen LogP contribution in [0.4, 0.5) is 0 Å². The van der Waals surface area contributed by atoms with Gasteiger partial charge in [0.25, 0.3) is 0 Å². The standard InChI is InChI=1S/C30H23BO2/c32-31(33)29-24-16-6-8-18-27(24)30(22-13-2-1-3-14-22,28-19-9-7-17-25(28)29)26-20-10-12-21-11-4-5-15-23(21)26/h1-20,29,32-33H. The Morgan fingerprint density at radius 3 is 1.70 bits per heavy atom. The van der Waals surface area contributed by atoms with E-state index in [1.54, 1.807) is 0 Å². The van der Waals surface area contributed by atoms with Gasteiger partial charge in [-0.15, -0.1) is 0 Å². The molecule has 0 saturated carbocycles. The molecule has 0 spiro atoms. The molecule has 5 aromatic rings. The molecule has 2 N–H and O–H groups in total. The zero-order valence-electron chi connectivity index (χ0n) is 18.1. The van der Waals surface area contributed by atoms with Crippen LogP contribution >= 0.6 is 0 Å². The van der Waals surface area contributed by atoms with Gasteiger partial charge in [-0.2, -0.15) is 0 Å². The van der Waals surface area contributed by atoms with Gasteiger partial charge < -0.3 is 10.0 Å². The van der Waals surface area contributed by atoms with Crippen LogP contribution < -0.4 is 0 Å². The van der Waals surface area contributed by atoms with Gasteiger partial charge in [-0.1, -0.05) is 121 Å². The van der Waals surface area contributed by atoms with Crippen LogP contribution in [-0.4, -0.2) is 17.2 Å². The summed E-state index contributed by atoms with van der Waals surface area (Å²) in [5.41, 5.74) is 5.82. The van der Waals surface area contributed by atoms with E-state index in [1.807, 2.05) is 30.3 Å². The highest BCUT2D eigenvalue weighted by Crippen LogP contribution is 2.55. The van der Waals surface area contributed by atoms with E-state index >= 15 is 0 Å². The fraction of sp³-hybridized carbons (Fsp3) is 0.0667. The highest BCUT2D eigenvalue weighted by molar-refractivity contribution is 6.44. The molecule has 1 aliphatic rings. The summed E-state index contributed by atoms with van der Waals surface area (Å²) in [5.74, 6) is -0.510. The van der Waals surface area contributed by atoms with E-state index in [-0.39, 0.29) is 0 Å². The fourth-order valence-corrected chi connectivity index (χ4v) is 5.85. The lowest BCUT2D eigenvalue weighted by atomic mass is 9.51. The third-order valence-corrected chi connectivity index (χ3v) is 7.10. The van der Waals surface area contributed by atoms with Gasteiger partial charge in [0, 0.05) is 5.82 Å². The maximum absolute atomic E-state index is 10.5. The lowest BCUT2D eigenvalue weighted by Crippen LogP contribution is -2.41. The Balaban J connectivity index is 1.85. The quantitative estimate of drug-likeness (QED) is 0.365. The summed E-state index contributed by atoms with van der Waals surface area (Å²) < 4.78 is 0. The van der Waals surface area contributed by atoms with Crippen molar-refractivity contribution in [3.05, 3.63) is 155 Å². The van der Waals surface area contributed by atoms with Gasteiger partial charge in [-0.3, -0.25) is 0 Å². The van der Waals surface area contributed by atoms with Crippen LogP contribution in [0.15, 0.2) is 121 Å². The summed E-state index contributed by atoms with van der Waals surface area (Å²) in [4.78, 5) is 0. The average Bonchev–Trinajstić information content (AvgIpc) is 2.87. The zero-order chi connectivity index (χ0) is 22.4. The van der Waals surface area contributed by atoms with Gasteiger partial charge in [0.1, 0.15) is 0 Å². The Hall–Kier alpha value is -3.66. The third kappa shape index (κ3) is 2.83. The van der Waals surface area contributed by atoms with Gasteiger partial charge in [0.15, 0.2) is 0 Å². The largest absolute Gasteiger partial charge is 0.464 e. The molecule has 6 rings (SSSR count). The Labute approximate surface area is 193 Å². The monoisotopic (exact) mass is 426 g/mol. The molecule has 0 amide bonds. The van der Waals surface area contributed by atoms with Crippen molar-refractivity contribution < 1.29 is 10.0 Å². The van der Waals surface area contributed by atoms with E-state index in [1.165, 1.54) is 16.3 Å². The van der Waals surface area contributed by atoms with Crippen molar-refractivity contribution in [1.82, 2.24) is 0 Å². The van der Waals surface area contributed by atoms with Crippen molar-refractivity contribution >= 4 is 17.9 Å². The smallest absolute Gasteiger partial charge is 0.426 e. The van der Waals surface area contributed by atoms with Crippen LogP contribution in [0.2, 0.25) is 0 Å². The van der Waals surface area contributed by atoms with Crippen molar-refractivity contribution in [3.8, 4) is 0 Å². The molecule has 0 aliphatic heterocycles. The molecule has 158 valence electrons. The summed E-state index contributed by atoms with van der Waals surface area (Å²) in [5, 5.41) is 23.4. The molecule has 33 heavy (non-hydrogen) atoms. The first kappa shape index (κ1) is 20.0. The number of fused-ring (bicyclic) bond motifs is 3. The normalized spacial score (nSPS) is 19.0. The Kier molecular flexibility index (Phi) is 4.69. The predicted octanol–water partition coefficient (Wildman–Crippen LogP) is 5.68. The van der Waals surface area contributed by atoms with Gasteiger partial charge in [0.2, 0.25) is 0 Å². The van der Waals surface area contributed by atoms with Crippen LogP contribution in [0.3, 0.4) is 0 Å². The van der Waals surface area contributed by atoms with E-state index in [9.17, 15) is 10.0 Å². The Morgan fingerprint density at radius 1 is 0.515 bits per heavy atom. The summed E-state index contributed by atoms with van der Waals surface area (Å²) in [7, 11) is -1.49. The molecular formula is C30H23BO2. The lowest BCUT2D eigenvalue weighted by Gasteiger charge is -2.45. The molecule has 0 heterocycles. The molecule has 1 aliphatic carbocycles. The fourth-order valence-electron chi connectivity index (χ4n) is 5.85. The van der Waals surface area contributed by atoms with E-state index in [4.69, 9.17) is 0 Å². The summed E-state index contributed by atoms with van der Waals surface area (Å²) in [6.07, 6.45) is 0. The minimum atomic E-state index is -1.49. The Morgan fingerprint density at radius 2 is 1.03 bits per heavy atom. The van der Waals surface area contributed by atoms with Crippen LogP contribution in [0.25, 0.3) is 10.8 Å². The molecule has 5 aromatic carbocycles. The highest BCUT2D eigenvalue weighted by Gasteiger charge is 2.49. The van der Waals surface area contributed by atoms with Gasteiger partial charge in [-0.25, -0.2) is 0 Å². The molecule has 0 saturated heterocycles. The first-order valence-electron chi connectivity index (χ1n) is 11.3. The average molecular weight is 426 g/mol. The molecule has 0 atom stereocenters. The second kappa shape index (κ2) is 7.74. The molecule has 0 aromatic heterocycles. The van der Waals surface area contributed by atoms with Gasteiger partial charge >= 0.3 is 7.12 Å². The van der Waals surface area contributed by atoms with Crippen LogP contribution in [0, 0.1) is 0 Å². The van der Waals surface area contributed by atoms with Crippen molar-refractivity contribution in [2.75, 3.05) is 0 Å². The molecule has 3 heteroatoms. The lowest BCUT2D eigenvalue weighted by molar-refractivity contribution is 0.393. The van der Waals surface area contributed by atoms with Crippen molar-refractivity contribution in [2.45, 2.75) is 11.2 Å². The predicted molar refractivity (Wildman–Crippen MR) is 134 cm³/mol. The van der Waals surface area contributed by atoms with E-state index in [2.05, 4.69) is 91.0 Å². The molecule has 0 bridgehead atoms. The maximum atomic E-state index is 10.5. The van der Waals surface area contributed by atoms with Crippen LogP contribution in [0.5, 0.6) is 0 Å². The minimum absolute atomic E-state index is 0.510. The highest BCUT2D eigenvalue weighted by atomic mass is 16.4. The Bertz CT molecular complexity index is 1410. The summed E-state index contributed by atoms with van der Waals surface area (Å²) in [6.45, 7) is 0. The summed E-state index contributed by atoms with van der Waals surface area (Å²) in [6, 6.07) is 42.0. The second-order valence-corrected chi connectivity index (χ2v) is 8.71. The molecular weight excluding hydrogens is 403 g/mol. The molecule has 2 nitrogen and oxygen atoms in total. The third-order valence-electron chi connectivity index (χ3n) is 7.10. The van der Waals surface area contributed by atoms with Crippen LogP contribution in [0.1, 0.15) is 39.2 Å². The minimum Gasteiger partial charge on any atom is -0.426 e. The van der Waals surface area contributed by atoms with Gasteiger partial charge in [-0.05, 0) is 44.2 Å². The molecule has 0 unspecified atom stereocenters. The van der Waals surface area contributed by atoms with Crippen LogP contribution in [-0.2, 0) is 5.41 Å². The molecule has 0 radical (unpaired) electrons. The van der Waals surface area contributed by atoms with Crippen molar-refractivity contribution in [3.63, 3.8) is 0 Å². The number of benzene rings is 5. The first-order valence-corrected chi connectivity index (χ1v) is 11.3. The van der Waals surface area contributed by atoms with Gasteiger partial charge in [0.05, 0.1) is 5.41 Å². The topological polar surface area (TPSA) is 40.5 Å². The first-order chi connectivity index (χ1) is 16.2. The zero-order valence-corrected chi connectivity index (χ0v) is 18.1. The number of hydrogen-bond acceptors (Lipinski definition) is 2. The second-order valence-electron chi connectivity index (χ2n) is 8.71. The maximum Gasteiger partial charge on any atom is 0.464 e. The van der Waals surface area contributed by atoms with E-state index in [0.29, 0.717) is 0 Å². The van der Waals surface area contributed by atoms with Crippen molar-refractivity contribution in [1.29, 1.82) is 0 Å². The SMILES string of the molecule is OB(O)C1c2ccccc2C(c2ccccc2)(c2cccc3ccccc23)c2ccccc21. The van der Waals surface area contributed by atoms with Crippen molar-refractivity contribution in [2.24, 2.45) is 0 Å². The van der Waals surface area contributed by atoms with E-state index < -0.39 is 18.4 Å². The van der Waals surface area contributed by atoms with E-state index in [0.717, 1.165) is 27.8 Å². The number of rotatable bonds is 3.